The number of carbonyl (C=O) groups is 1. The fourth-order valence-corrected chi connectivity index (χ4v) is 2.62. The number of carbonyl (C=O) groups excluding carboxylic acids is 1. The molecule has 0 aliphatic rings. The van der Waals surface area contributed by atoms with Crippen molar-refractivity contribution < 1.29 is 23.5 Å². The molecule has 27 heavy (non-hydrogen) atoms. The summed E-state index contributed by atoms with van der Waals surface area (Å²) in [4.78, 5) is 24.9. The molecule has 3 aromatic rings. The van der Waals surface area contributed by atoms with E-state index in [-0.39, 0.29) is 18.2 Å². The topological polar surface area (TPSA) is 92.8 Å². The highest BCUT2D eigenvalue weighted by molar-refractivity contribution is 5.99. The summed E-state index contributed by atoms with van der Waals surface area (Å²) >= 11 is 0. The van der Waals surface area contributed by atoms with Crippen LogP contribution in [-0.4, -0.2) is 36.8 Å². The van der Waals surface area contributed by atoms with Gasteiger partial charge in [-0.25, -0.2) is 9.36 Å². The van der Waals surface area contributed by atoms with Gasteiger partial charge in [0.2, 0.25) is 0 Å². The molecular weight excluding hydrogens is 352 g/mol. The molecule has 140 valence electrons. The van der Waals surface area contributed by atoms with Gasteiger partial charge in [-0.05, 0) is 42.5 Å². The van der Waals surface area contributed by atoms with Crippen molar-refractivity contribution in [1.82, 2.24) is 9.72 Å². The number of nitrogens with zero attached hydrogens (tertiary/aromatic N) is 2. The zero-order valence-electron chi connectivity index (χ0n) is 15.1. The zero-order valence-corrected chi connectivity index (χ0v) is 15.1. The average molecular weight is 370 g/mol. The fourth-order valence-electron chi connectivity index (χ4n) is 2.62. The Morgan fingerprint density at radius 1 is 1.00 bits per heavy atom. The molecule has 0 fully saturated rings. The Labute approximate surface area is 154 Å². The summed E-state index contributed by atoms with van der Waals surface area (Å²) in [5.41, 5.74) is 0.915. The van der Waals surface area contributed by atoms with Gasteiger partial charge < -0.3 is 14.2 Å². The molecule has 1 heterocycles. The molecule has 0 unspecified atom stereocenters. The molecule has 0 atom stereocenters. The summed E-state index contributed by atoms with van der Waals surface area (Å²) in [6, 6.07) is 11.8. The highest BCUT2D eigenvalue weighted by Gasteiger charge is 2.20. The van der Waals surface area contributed by atoms with Crippen molar-refractivity contribution in [2.24, 2.45) is 0 Å². The Morgan fingerprint density at radius 3 is 2.30 bits per heavy atom. The number of rotatable bonds is 7. The lowest BCUT2D eigenvalue weighted by molar-refractivity contribution is 0.0966. The van der Waals surface area contributed by atoms with E-state index in [9.17, 15) is 9.59 Å². The van der Waals surface area contributed by atoms with Crippen molar-refractivity contribution in [3.8, 4) is 28.6 Å². The van der Waals surface area contributed by atoms with Crippen LogP contribution in [0.5, 0.6) is 17.2 Å². The number of aromatic nitrogens is 2. The van der Waals surface area contributed by atoms with Crippen LogP contribution in [0.25, 0.3) is 11.4 Å². The maximum atomic E-state index is 12.8. The summed E-state index contributed by atoms with van der Waals surface area (Å²) in [5.74, 6) is 0.733. The van der Waals surface area contributed by atoms with Gasteiger partial charge in [0.15, 0.2) is 11.6 Å². The van der Waals surface area contributed by atoms with Crippen LogP contribution >= 0.6 is 0 Å². The number of hydrogen-bond donors (Lipinski definition) is 0. The normalized spacial score (nSPS) is 10.5. The van der Waals surface area contributed by atoms with Crippen LogP contribution in [0, 0.1) is 0 Å². The van der Waals surface area contributed by atoms with E-state index in [0.717, 1.165) is 0 Å². The Bertz CT molecular complexity index is 1000. The molecule has 0 aliphatic heterocycles. The first-order valence-electron chi connectivity index (χ1n) is 8.03. The molecule has 2 aromatic carbocycles. The fraction of sp³-hybridized carbons (Fsp3) is 0.211. The number of ether oxygens (including phenoxy) is 3. The van der Waals surface area contributed by atoms with Gasteiger partial charge in [-0.1, -0.05) is 5.16 Å². The van der Waals surface area contributed by atoms with Crippen LogP contribution in [0.4, 0.5) is 0 Å². The van der Waals surface area contributed by atoms with Gasteiger partial charge in [-0.15, -0.1) is 0 Å². The molecule has 0 radical (unpaired) electrons. The Kier molecular flexibility index (Phi) is 5.25. The minimum absolute atomic E-state index is 0.248. The molecule has 3 rings (SSSR count). The lowest BCUT2D eigenvalue weighted by Crippen LogP contribution is -2.21. The second-order valence-corrected chi connectivity index (χ2v) is 5.58. The van der Waals surface area contributed by atoms with Gasteiger partial charge in [0.25, 0.3) is 0 Å². The van der Waals surface area contributed by atoms with E-state index in [1.54, 1.807) is 49.6 Å². The first kappa shape index (κ1) is 18.2. The van der Waals surface area contributed by atoms with Crippen LogP contribution in [-0.2, 0) is 6.54 Å². The second-order valence-electron chi connectivity index (χ2n) is 5.58. The van der Waals surface area contributed by atoms with Gasteiger partial charge in [-0.3, -0.25) is 9.32 Å². The van der Waals surface area contributed by atoms with Crippen LogP contribution in [0.15, 0.2) is 51.8 Å². The lowest BCUT2D eigenvalue weighted by atomic mass is 10.1. The summed E-state index contributed by atoms with van der Waals surface area (Å²) in [5, 5.41) is 3.79. The minimum Gasteiger partial charge on any atom is -0.497 e. The van der Waals surface area contributed by atoms with Gasteiger partial charge in [0, 0.05) is 5.56 Å². The third kappa shape index (κ3) is 3.69. The maximum absolute atomic E-state index is 12.8. The van der Waals surface area contributed by atoms with Crippen molar-refractivity contribution in [3.05, 3.63) is 58.6 Å². The molecule has 0 N–H and O–H groups in total. The first-order valence-corrected chi connectivity index (χ1v) is 8.03. The first-order chi connectivity index (χ1) is 13.1. The second kappa shape index (κ2) is 7.77. The molecule has 0 spiro atoms. The van der Waals surface area contributed by atoms with Gasteiger partial charge in [0.1, 0.15) is 17.2 Å². The van der Waals surface area contributed by atoms with E-state index in [0.29, 0.717) is 28.4 Å². The minimum atomic E-state index is -0.726. The van der Waals surface area contributed by atoms with Crippen LogP contribution < -0.4 is 20.0 Å². The monoisotopic (exact) mass is 370 g/mol. The highest BCUT2D eigenvalue weighted by atomic mass is 16.5. The third-order valence-corrected chi connectivity index (χ3v) is 4.04. The van der Waals surface area contributed by atoms with E-state index >= 15 is 0 Å². The van der Waals surface area contributed by atoms with Crippen molar-refractivity contribution in [2.75, 3.05) is 21.3 Å². The quantitative estimate of drug-likeness (QED) is 0.590. The summed E-state index contributed by atoms with van der Waals surface area (Å²) < 4.78 is 21.4. The van der Waals surface area contributed by atoms with Crippen LogP contribution in [0.1, 0.15) is 10.4 Å². The molecule has 0 saturated heterocycles. The van der Waals surface area contributed by atoms with Crippen molar-refractivity contribution in [2.45, 2.75) is 6.54 Å². The predicted molar refractivity (Wildman–Crippen MR) is 96.6 cm³/mol. The third-order valence-electron chi connectivity index (χ3n) is 4.04. The Hall–Kier alpha value is -3.55. The lowest BCUT2D eigenvalue weighted by Gasteiger charge is -2.10. The highest BCUT2D eigenvalue weighted by Crippen LogP contribution is 2.25. The largest absolute Gasteiger partial charge is 0.497 e. The van der Waals surface area contributed by atoms with E-state index < -0.39 is 5.76 Å². The van der Waals surface area contributed by atoms with E-state index in [1.807, 2.05) is 0 Å². The number of hydrogen-bond acceptors (Lipinski definition) is 7. The number of Topliss-reactive ketones (excluding diaryl/α,β-unsaturated/α-hetero) is 1. The Morgan fingerprint density at radius 2 is 1.67 bits per heavy atom. The molecular formula is C19H18N2O6. The van der Waals surface area contributed by atoms with Crippen molar-refractivity contribution >= 4 is 5.78 Å². The smallest absolute Gasteiger partial charge is 0.442 e. The number of methoxy groups -OCH3 is 3. The molecule has 0 bridgehead atoms. The van der Waals surface area contributed by atoms with E-state index in [4.69, 9.17) is 18.7 Å². The number of benzene rings is 2. The van der Waals surface area contributed by atoms with Crippen LogP contribution in [0.3, 0.4) is 0 Å². The summed E-state index contributed by atoms with van der Waals surface area (Å²) in [6.07, 6.45) is 0. The summed E-state index contributed by atoms with van der Waals surface area (Å²) in [6.45, 7) is -0.257. The maximum Gasteiger partial charge on any atom is 0.442 e. The van der Waals surface area contributed by atoms with Crippen molar-refractivity contribution in [3.63, 3.8) is 0 Å². The molecule has 0 saturated carbocycles. The van der Waals surface area contributed by atoms with Crippen molar-refractivity contribution in [1.29, 1.82) is 0 Å². The standard InChI is InChI=1S/C19H18N2O6/c1-24-13-6-4-12(5-7-13)18-20-27-19(23)21(18)11-16(22)15-10-14(25-2)8-9-17(15)26-3/h4-10H,11H2,1-3H3. The van der Waals surface area contributed by atoms with Crippen LogP contribution in [0.2, 0.25) is 0 Å². The van der Waals surface area contributed by atoms with E-state index in [2.05, 4.69) is 5.16 Å². The van der Waals surface area contributed by atoms with Gasteiger partial charge in [-0.2, -0.15) is 0 Å². The molecule has 8 heteroatoms. The summed E-state index contributed by atoms with van der Waals surface area (Å²) in [7, 11) is 4.52. The molecule has 0 aliphatic carbocycles. The number of ketones is 1. The predicted octanol–water partition coefficient (Wildman–Crippen LogP) is 2.41. The van der Waals surface area contributed by atoms with Gasteiger partial charge in [0.05, 0.1) is 33.4 Å². The molecule has 8 nitrogen and oxygen atoms in total. The average Bonchev–Trinajstić information content (AvgIpc) is 3.07. The SMILES string of the molecule is COc1ccc(-c2noc(=O)n2CC(=O)c2cc(OC)ccc2OC)cc1. The zero-order chi connectivity index (χ0) is 19.4. The molecule has 1 aromatic heterocycles. The van der Waals surface area contributed by atoms with Gasteiger partial charge >= 0.3 is 5.76 Å². The van der Waals surface area contributed by atoms with E-state index in [1.165, 1.54) is 18.8 Å². The Balaban J connectivity index is 1.95. The molecule has 0 amide bonds.